The molecular weight excluding hydrogens is 330 g/mol. The molecule has 0 spiro atoms. The highest BCUT2D eigenvalue weighted by molar-refractivity contribution is 6.30. The molecule has 0 saturated heterocycles. The van der Waals surface area contributed by atoms with Crippen molar-refractivity contribution in [3.8, 4) is 0 Å². The molecule has 0 radical (unpaired) electrons. The van der Waals surface area contributed by atoms with Crippen molar-refractivity contribution in [3.05, 3.63) is 34.9 Å². The summed E-state index contributed by atoms with van der Waals surface area (Å²) in [5.41, 5.74) is 0.565. The summed E-state index contributed by atoms with van der Waals surface area (Å²) >= 11 is 6.01. The summed E-state index contributed by atoms with van der Waals surface area (Å²) in [5.74, 6) is -0.243. The summed E-state index contributed by atoms with van der Waals surface area (Å²) in [7, 11) is 1.30. The van der Waals surface area contributed by atoms with Crippen LogP contribution in [-0.2, 0) is 19.7 Å². The fraction of sp³-hybridized carbons (Fsp3) is 0.556. The van der Waals surface area contributed by atoms with E-state index in [1.54, 1.807) is 6.07 Å². The van der Waals surface area contributed by atoms with E-state index in [1.165, 1.54) is 7.11 Å². The Balaban J connectivity index is 2.64. The lowest BCUT2D eigenvalue weighted by atomic mass is 9.86. The number of benzene rings is 1. The average molecular weight is 356 g/mol. The van der Waals surface area contributed by atoms with Crippen molar-refractivity contribution in [2.24, 2.45) is 5.92 Å². The lowest BCUT2D eigenvalue weighted by molar-refractivity contribution is -0.143. The molecular formula is C18H26ClNO4. The summed E-state index contributed by atoms with van der Waals surface area (Å²) < 4.78 is 10.0. The second-order valence-electron chi connectivity index (χ2n) is 6.82. The largest absolute Gasteiger partial charge is 0.467 e. The minimum Gasteiger partial charge on any atom is -0.467 e. The maximum atomic E-state index is 12.0. The Morgan fingerprint density at radius 2 is 1.96 bits per heavy atom. The van der Waals surface area contributed by atoms with Crippen molar-refractivity contribution in [2.45, 2.75) is 45.6 Å². The van der Waals surface area contributed by atoms with Gasteiger partial charge in [-0.1, -0.05) is 51.4 Å². The third kappa shape index (κ3) is 6.40. The molecule has 0 bridgehead atoms. The molecule has 0 fully saturated rings. The Labute approximate surface area is 148 Å². The van der Waals surface area contributed by atoms with Gasteiger partial charge in [-0.25, -0.2) is 9.59 Å². The first kappa shape index (κ1) is 20.3. The fourth-order valence-corrected chi connectivity index (χ4v) is 2.44. The third-order valence-electron chi connectivity index (χ3n) is 3.66. The second-order valence-corrected chi connectivity index (χ2v) is 7.26. The number of hydrogen-bond acceptors (Lipinski definition) is 4. The van der Waals surface area contributed by atoms with Gasteiger partial charge in [0.25, 0.3) is 0 Å². The molecule has 134 valence electrons. The quantitative estimate of drug-likeness (QED) is 0.752. The number of carbonyl (C=O) groups is 2. The first-order valence-corrected chi connectivity index (χ1v) is 8.30. The first-order chi connectivity index (χ1) is 11.2. The zero-order chi connectivity index (χ0) is 18.3. The molecule has 0 heterocycles. The number of alkyl carbamates (subject to hydrolysis) is 1. The van der Waals surface area contributed by atoms with Gasteiger partial charge >= 0.3 is 12.1 Å². The van der Waals surface area contributed by atoms with E-state index in [0.717, 1.165) is 5.56 Å². The van der Waals surface area contributed by atoms with Gasteiger partial charge in [-0.15, -0.1) is 0 Å². The Morgan fingerprint density at radius 1 is 1.29 bits per heavy atom. The molecule has 24 heavy (non-hydrogen) atoms. The lowest BCUT2D eigenvalue weighted by Gasteiger charge is -2.26. The minimum atomic E-state index is -0.711. The maximum absolute atomic E-state index is 12.0. The molecule has 1 rings (SSSR count). The lowest BCUT2D eigenvalue weighted by Crippen LogP contribution is -2.43. The van der Waals surface area contributed by atoms with E-state index in [4.69, 9.17) is 21.1 Å². The van der Waals surface area contributed by atoms with Gasteiger partial charge in [0.05, 0.1) is 7.11 Å². The smallest absolute Gasteiger partial charge is 0.407 e. The van der Waals surface area contributed by atoms with Gasteiger partial charge in [-0.05, 0) is 30.0 Å². The van der Waals surface area contributed by atoms with Gasteiger partial charge in [0.15, 0.2) is 0 Å². The SMILES string of the molecule is COC(=O)[C@H](CC(C)C)NC(=O)OCC(C)(C)c1cccc(Cl)c1. The van der Waals surface area contributed by atoms with Crippen molar-refractivity contribution in [2.75, 3.05) is 13.7 Å². The molecule has 1 amide bonds. The van der Waals surface area contributed by atoms with Crippen LogP contribution in [-0.4, -0.2) is 31.8 Å². The normalized spacial score (nSPS) is 12.6. The van der Waals surface area contributed by atoms with Crippen LogP contribution in [0.1, 0.15) is 39.7 Å². The van der Waals surface area contributed by atoms with Crippen molar-refractivity contribution < 1.29 is 19.1 Å². The zero-order valence-corrected chi connectivity index (χ0v) is 15.6. The van der Waals surface area contributed by atoms with E-state index < -0.39 is 23.5 Å². The average Bonchev–Trinajstić information content (AvgIpc) is 2.51. The van der Waals surface area contributed by atoms with Crippen molar-refractivity contribution >= 4 is 23.7 Å². The Morgan fingerprint density at radius 3 is 2.50 bits per heavy atom. The number of hydrogen-bond donors (Lipinski definition) is 1. The van der Waals surface area contributed by atoms with E-state index in [9.17, 15) is 9.59 Å². The molecule has 0 aromatic heterocycles. The molecule has 0 aliphatic heterocycles. The van der Waals surface area contributed by atoms with E-state index in [-0.39, 0.29) is 12.5 Å². The number of methoxy groups -OCH3 is 1. The monoisotopic (exact) mass is 355 g/mol. The predicted molar refractivity (Wildman–Crippen MR) is 94.2 cm³/mol. The summed E-state index contributed by atoms with van der Waals surface area (Å²) in [4.78, 5) is 23.8. The van der Waals surface area contributed by atoms with E-state index >= 15 is 0 Å². The Hall–Kier alpha value is -1.75. The molecule has 5 nitrogen and oxygen atoms in total. The van der Waals surface area contributed by atoms with Crippen molar-refractivity contribution in [1.82, 2.24) is 5.32 Å². The van der Waals surface area contributed by atoms with Gasteiger partial charge in [-0.2, -0.15) is 0 Å². The number of amides is 1. The molecule has 1 aromatic rings. The van der Waals surface area contributed by atoms with Gasteiger partial charge in [-0.3, -0.25) is 0 Å². The fourth-order valence-electron chi connectivity index (χ4n) is 2.25. The van der Waals surface area contributed by atoms with Crippen molar-refractivity contribution in [1.29, 1.82) is 0 Å². The number of nitrogens with one attached hydrogen (secondary N) is 1. The summed E-state index contributed by atoms with van der Waals surface area (Å²) in [6.07, 6.45) is -0.152. The standard InChI is InChI=1S/C18H26ClNO4/c1-12(2)9-15(16(21)23-5)20-17(22)24-11-18(3,4)13-7-6-8-14(19)10-13/h6-8,10,12,15H,9,11H2,1-5H3,(H,20,22)/t15-/m0/s1. The van der Waals surface area contributed by atoms with Crippen LogP contribution in [0.4, 0.5) is 4.79 Å². The Bertz CT molecular complexity index is 572. The zero-order valence-electron chi connectivity index (χ0n) is 14.9. The molecule has 0 saturated carbocycles. The topological polar surface area (TPSA) is 64.6 Å². The minimum absolute atomic E-state index is 0.161. The molecule has 1 N–H and O–H groups in total. The molecule has 6 heteroatoms. The van der Waals surface area contributed by atoms with Crippen LogP contribution < -0.4 is 5.32 Å². The molecule has 0 aliphatic carbocycles. The van der Waals surface area contributed by atoms with Crippen LogP contribution in [0.25, 0.3) is 0 Å². The van der Waals surface area contributed by atoms with Crippen LogP contribution in [0, 0.1) is 5.92 Å². The number of carbonyl (C=O) groups excluding carboxylic acids is 2. The molecule has 1 aromatic carbocycles. The predicted octanol–water partition coefficient (Wildman–Crippen LogP) is 3.93. The summed E-state index contributed by atoms with van der Waals surface area (Å²) in [5, 5.41) is 3.20. The van der Waals surface area contributed by atoms with Crippen LogP contribution in [0.3, 0.4) is 0 Å². The maximum Gasteiger partial charge on any atom is 0.407 e. The van der Waals surface area contributed by atoms with Crippen molar-refractivity contribution in [3.63, 3.8) is 0 Å². The first-order valence-electron chi connectivity index (χ1n) is 7.93. The van der Waals surface area contributed by atoms with Crippen LogP contribution in [0.15, 0.2) is 24.3 Å². The molecule has 0 aliphatic rings. The molecule has 1 atom stereocenters. The second kappa shape index (κ2) is 8.92. The van der Waals surface area contributed by atoms with Gasteiger partial charge in [0, 0.05) is 10.4 Å². The van der Waals surface area contributed by atoms with Gasteiger partial charge in [0.2, 0.25) is 0 Å². The Kier molecular flexibility index (Phi) is 7.55. The van der Waals surface area contributed by atoms with E-state index in [0.29, 0.717) is 11.4 Å². The third-order valence-corrected chi connectivity index (χ3v) is 3.89. The van der Waals surface area contributed by atoms with Crippen LogP contribution in [0.5, 0.6) is 0 Å². The van der Waals surface area contributed by atoms with Crippen LogP contribution >= 0.6 is 11.6 Å². The number of halogens is 1. The number of rotatable bonds is 7. The number of ether oxygens (including phenoxy) is 2. The van der Waals surface area contributed by atoms with Crippen LogP contribution in [0.2, 0.25) is 5.02 Å². The highest BCUT2D eigenvalue weighted by Gasteiger charge is 2.26. The van der Waals surface area contributed by atoms with E-state index in [1.807, 2.05) is 45.9 Å². The molecule has 0 unspecified atom stereocenters. The highest BCUT2D eigenvalue weighted by atomic mass is 35.5. The van der Waals surface area contributed by atoms with Gasteiger partial charge < -0.3 is 14.8 Å². The summed E-state index contributed by atoms with van der Waals surface area (Å²) in [6.45, 7) is 8.00. The van der Waals surface area contributed by atoms with E-state index in [2.05, 4.69) is 5.32 Å². The highest BCUT2D eigenvalue weighted by Crippen LogP contribution is 2.25. The number of esters is 1. The van der Waals surface area contributed by atoms with Gasteiger partial charge in [0.1, 0.15) is 12.6 Å². The summed E-state index contributed by atoms with van der Waals surface area (Å²) in [6, 6.07) is 6.72.